The molecule has 3 aromatic rings. The van der Waals surface area contributed by atoms with Gasteiger partial charge in [-0.15, -0.1) is 0 Å². The number of sulfonamides is 1. The Morgan fingerprint density at radius 1 is 1.02 bits per heavy atom. The van der Waals surface area contributed by atoms with Crippen LogP contribution in [0.25, 0.3) is 0 Å². The van der Waals surface area contributed by atoms with Gasteiger partial charge in [0.25, 0.3) is 21.5 Å². The Labute approximate surface area is 291 Å². The minimum Gasteiger partial charge on any atom is -0.497 e. The molecule has 0 spiro atoms. The SMILES string of the molecule is CCOc1cc(OC)ccc1S(=O)(=O)N1C(=O)C(OC(=O)N2CCC(N3CCNCC3)CC2)(c2cccnc2OCC)c2cc(C#N)ccc21. The topological polar surface area (TPSA) is 164 Å². The molecule has 0 radical (unpaired) electrons. The molecule has 3 aliphatic heterocycles. The van der Waals surface area contributed by atoms with E-state index in [4.69, 9.17) is 18.9 Å². The van der Waals surface area contributed by atoms with Crippen molar-refractivity contribution in [2.24, 2.45) is 0 Å². The molecule has 15 heteroatoms. The molecule has 1 atom stereocenters. The second-order valence-corrected chi connectivity index (χ2v) is 13.8. The Balaban J connectivity index is 1.48. The van der Waals surface area contributed by atoms with Crippen molar-refractivity contribution in [1.29, 1.82) is 5.26 Å². The monoisotopic (exact) mass is 704 g/mol. The molecule has 3 aliphatic rings. The number of ether oxygens (including phenoxy) is 4. The Morgan fingerprint density at radius 2 is 1.76 bits per heavy atom. The maximum Gasteiger partial charge on any atom is 0.411 e. The van der Waals surface area contributed by atoms with Crippen molar-refractivity contribution in [3.63, 3.8) is 0 Å². The number of hydrogen-bond acceptors (Lipinski definition) is 12. The Bertz CT molecular complexity index is 1900. The number of nitriles is 1. The number of methoxy groups -OCH3 is 1. The lowest BCUT2D eigenvalue weighted by atomic mass is 9.87. The molecule has 0 saturated carbocycles. The van der Waals surface area contributed by atoms with Crippen molar-refractivity contribution in [1.82, 2.24) is 20.1 Å². The molecule has 2 amide bonds. The number of amides is 2. The van der Waals surface area contributed by atoms with Crippen molar-refractivity contribution < 1.29 is 37.0 Å². The molecule has 2 aromatic carbocycles. The smallest absolute Gasteiger partial charge is 0.411 e. The van der Waals surface area contributed by atoms with Crippen LogP contribution in [0.4, 0.5) is 10.5 Å². The van der Waals surface area contributed by atoms with Crippen molar-refractivity contribution in [3.8, 4) is 23.4 Å². The maximum absolute atomic E-state index is 15.1. The largest absolute Gasteiger partial charge is 0.497 e. The van der Waals surface area contributed by atoms with Crippen molar-refractivity contribution in [3.05, 3.63) is 71.4 Å². The van der Waals surface area contributed by atoms with E-state index in [9.17, 15) is 18.5 Å². The lowest BCUT2D eigenvalue weighted by molar-refractivity contribution is -0.132. The summed E-state index contributed by atoms with van der Waals surface area (Å²) in [5.41, 5.74) is -2.36. The highest BCUT2D eigenvalue weighted by Gasteiger charge is 2.61. The van der Waals surface area contributed by atoms with E-state index in [-0.39, 0.29) is 52.1 Å². The van der Waals surface area contributed by atoms with Crippen LogP contribution in [0.1, 0.15) is 43.4 Å². The van der Waals surface area contributed by atoms with Crippen LogP contribution in [0.5, 0.6) is 17.4 Å². The molecular weight excluding hydrogens is 664 g/mol. The molecule has 1 aromatic heterocycles. The maximum atomic E-state index is 15.1. The van der Waals surface area contributed by atoms with E-state index in [0.29, 0.717) is 42.0 Å². The van der Waals surface area contributed by atoms with Crippen LogP contribution in [0, 0.1) is 11.3 Å². The number of nitrogens with one attached hydrogen (secondary N) is 1. The number of rotatable bonds is 10. The van der Waals surface area contributed by atoms with E-state index >= 15 is 4.79 Å². The first kappa shape index (κ1) is 34.9. The van der Waals surface area contributed by atoms with Gasteiger partial charge >= 0.3 is 6.09 Å². The standard InChI is InChI=1S/C35H40N6O8S/c1-4-47-30-22-26(46-3)9-11-31(30)50(44,45)41-29-10-8-24(23-36)21-28(29)35(33(41)42,27-7-6-14-38-32(27)48-5-2)49-34(43)40-17-12-25(13-18-40)39-19-15-37-16-20-39/h6-11,14,21-22,25,37H,4-5,12-13,15-20H2,1-3H3. The van der Waals surface area contributed by atoms with Crippen molar-refractivity contribution >= 4 is 27.7 Å². The number of carbonyl (C=O) groups is 2. The molecule has 4 heterocycles. The molecule has 2 fully saturated rings. The molecule has 1 N–H and O–H groups in total. The number of anilines is 1. The fraction of sp³-hybridized carbons (Fsp3) is 0.429. The van der Waals surface area contributed by atoms with Gasteiger partial charge in [0, 0.05) is 63.1 Å². The predicted molar refractivity (Wildman–Crippen MR) is 182 cm³/mol. The zero-order chi connectivity index (χ0) is 35.5. The first-order valence-corrected chi connectivity index (χ1v) is 18.1. The number of pyridine rings is 1. The molecule has 0 aliphatic carbocycles. The van der Waals surface area contributed by atoms with Crippen LogP contribution in [0.2, 0.25) is 0 Å². The van der Waals surface area contributed by atoms with Crippen LogP contribution in [-0.2, 0) is 25.2 Å². The first-order valence-electron chi connectivity index (χ1n) is 16.7. The number of carbonyl (C=O) groups excluding carboxylic acids is 2. The third kappa shape index (κ3) is 6.19. The number of piperidine rings is 1. The second kappa shape index (κ2) is 14.5. The van der Waals surface area contributed by atoms with Crippen LogP contribution < -0.4 is 23.8 Å². The molecular formula is C35H40N6O8S. The molecule has 264 valence electrons. The summed E-state index contributed by atoms with van der Waals surface area (Å²) in [6.07, 6.45) is 2.06. The number of piperazine rings is 1. The molecule has 0 bridgehead atoms. The van der Waals surface area contributed by atoms with Crippen LogP contribution in [0.15, 0.2) is 59.6 Å². The molecule has 50 heavy (non-hydrogen) atoms. The zero-order valence-electron chi connectivity index (χ0n) is 28.3. The van der Waals surface area contributed by atoms with E-state index < -0.39 is 27.6 Å². The normalized spacial score (nSPS) is 19.8. The number of fused-ring (bicyclic) bond motifs is 1. The average Bonchev–Trinajstić information content (AvgIpc) is 3.39. The highest BCUT2D eigenvalue weighted by atomic mass is 32.2. The minimum atomic E-state index is -4.74. The number of nitrogens with zero attached hydrogens (tertiary/aromatic N) is 5. The van der Waals surface area contributed by atoms with E-state index in [1.807, 2.05) is 0 Å². The number of hydrogen-bond donors (Lipinski definition) is 1. The van der Waals surface area contributed by atoms with E-state index in [2.05, 4.69) is 21.3 Å². The lowest BCUT2D eigenvalue weighted by Gasteiger charge is -2.40. The van der Waals surface area contributed by atoms with Gasteiger partial charge in [-0.2, -0.15) is 9.57 Å². The lowest BCUT2D eigenvalue weighted by Crippen LogP contribution is -2.54. The number of likely N-dealkylation sites (tertiary alicyclic amines) is 1. The third-order valence-corrected chi connectivity index (χ3v) is 11.0. The summed E-state index contributed by atoms with van der Waals surface area (Å²) in [5.74, 6) is -0.813. The van der Waals surface area contributed by atoms with E-state index in [1.165, 1.54) is 60.7 Å². The van der Waals surface area contributed by atoms with Gasteiger partial charge in [-0.25, -0.2) is 18.2 Å². The van der Waals surface area contributed by atoms with Crippen LogP contribution >= 0.6 is 0 Å². The molecule has 2 saturated heterocycles. The summed E-state index contributed by atoms with van der Waals surface area (Å²) in [6.45, 7) is 8.13. The van der Waals surface area contributed by atoms with Crippen molar-refractivity contribution in [2.75, 3.05) is 63.9 Å². The highest BCUT2D eigenvalue weighted by molar-refractivity contribution is 7.93. The van der Waals surface area contributed by atoms with Gasteiger partial charge < -0.3 is 29.2 Å². The third-order valence-electron chi connectivity index (χ3n) is 9.24. The van der Waals surface area contributed by atoms with Gasteiger partial charge in [-0.05, 0) is 69.2 Å². The summed E-state index contributed by atoms with van der Waals surface area (Å²) in [4.78, 5) is 37.3. The molecule has 6 rings (SSSR count). The molecule has 1 unspecified atom stereocenters. The zero-order valence-corrected chi connectivity index (χ0v) is 29.1. The highest BCUT2D eigenvalue weighted by Crippen LogP contribution is 2.52. The predicted octanol–water partition coefficient (Wildman–Crippen LogP) is 3.24. The number of benzene rings is 2. The van der Waals surface area contributed by atoms with Crippen LogP contribution in [0.3, 0.4) is 0 Å². The van der Waals surface area contributed by atoms with Gasteiger partial charge in [-0.3, -0.25) is 9.69 Å². The summed E-state index contributed by atoms with van der Waals surface area (Å²) in [5, 5.41) is 13.3. The summed E-state index contributed by atoms with van der Waals surface area (Å²) < 4.78 is 53.1. The summed E-state index contributed by atoms with van der Waals surface area (Å²) in [7, 11) is -3.30. The first-order chi connectivity index (χ1) is 24.2. The van der Waals surface area contributed by atoms with Gasteiger partial charge in [-0.1, -0.05) is 0 Å². The second-order valence-electron chi connectivity index (χ2n) is 12.0. The van der Waals surface area contributed by atoms with Gasteiger partial charge in [0.2, 0.25) is 5.88 Å². The van der Waals surface area contributed by atoms with Gasteiger partial charge in [0.05, 0.1) is 43.2 Å². The summed E-state index contributed by atoms with van der Waals surface area (Å²) in [6, 6.07) is 13.7. The van der Waals surface area contributed by atoms with Gasteiger partial charge in [0.15, 0.2) is 0 Å². The fourth-order valence-electron chi connectivity index (χ4n) is 6.85. The Kier molecular flexibility index (Phi) is 10.1. The molecule has 14 nitrogen and oxygen atoms in total. The van der Waals surface area contributed by atoms with Crippen molar-refractivity contribution in [2.45, 2.75) is 43.2 Å². The summed E-state index contributed by atoms with van der Waals surface area (Å²) >= 11 is 0. The Morgan fingerprint density at radius 3 is 2.44 bits per heavy atom. The Hall–Kier alpha value is -4.91. The quantitative estimate of drug-likeness (QED) is 0.328. The van der Waals surface area contributed by atoms with E-state index in [1.54, 1.807) is 19.9 Å². The van der Waals surface area contributed by atoms with E-state index in [0.717, 1.165) is 26.2 Å². The van der Waals surface area contributed by atoms with Crippen LogP contribution in [-0.4, -0.2) is 101 Å². The minimum absolute atomic E-state index is 0.0182. The van der Waals surface area contributed by atoms with Gasteiger partial charge in [0.1, 0.15) is 16.4 Å². The average molecular weight is 705 g/mol. The fourth-order valence-corrected chi connectivity index (χ4v) is 8.42. The number of aromatic nitrogens is 1.